The minimum Gasteiger partial charge on any atom is -0.508 e. The highest BCUT2D eigenvalue weighted by Crippen LogP contribution is 2.11. The number of phenolic OH excluding ortho intramolecular Hbond substituents is 1. The van der Waals surface area contributed by atoms with Crippen molar-refractivity contribution in [2.75, 3.05) is 6.54 Å². The van der Waals surface area contributed by atoms with Crippen molar-refractivity contribution in [3.63, 3.8) is 0 Å². The smallest absolute Gasteiger partial charge is 0.326 e. The highest BCUT2D eigenvalue weighted by atomic mass is 16.4. The topological polar surface area (TPSA) is 278 Å². The lowest BCUT2D eigenvalue weighted by molar-refractivity contribution is -0.142. The largest absolute Gasteiger partial charge is 0.508 e. The molecule has 0 saturated carbocycles. The van der Waals surface area contributed by atoms with Gasteiger partial charge in [0.25, 0.3) is 0 Å². The molecule has 0 aliphatic rings. The molecule has 210 valence electrons. The molecule has 0 bridgehead atoms. The number of hydrogen-bond acceptors (Lipinski definition) is 8. The summed E-state index contributed by atoms with van der Waals surface area (Å²) in [7, 11) is 0. The quantitative estimate of drug-likeness (QED) is 0.0591. The molecule has 15 heteroatoms. The summed E-state index contributed by atoms with van der Waals surface area (Å²) < 4.78 is 0. The van der Waals surface area contributed by atoms with Crippen molar-refractivity contribution in [2.45, 2.75) is 63.2 Å². The van der Waals surface area contributed by atoms with Crippen LogP contribution in [0, 0.1) is 0 Å². The zero-order valence-corrected chi connectivity index (χ0v) is 21.1. The molecule has 1 rings (SSSR count). The first-order valence-corrected chi connectivity index (χ1v) is 11.8. The molecule has 0 radical (unpaired) electrons. The zero-order valence-electron chi connectivity index (χ0n) is 21.1. The van der Waals surface area contributed by atoms with Crippen LogP contribution >= 0.6 is 0 Å². The maximum atomic E-state index is 12.8. The number of guanidine groups is 1. The van der Waals surface area contributed by atoms with Crippen LogP contribution in [0.5, 0.6) is 5.75 Å². The standard InChI is InChI=1S/C23H36N8O7/c1-12(19(34)31-17(22(37)38)3-2-10-28-23(26)27)29-21(36)16(8-9-18(25)33)30-20(35)15(24)11-13-4-6-14(32)7-5-13/h4-7,12,15-17,32H,2-3,8-11,24H2,1H3,(H2,25,33)(H,29,36)(H,30,35)(H,31,34)(H,37,38)(H4,26,27,28). The predicted molar refractivity (Wildman–Crippen MR) is 137 cm³/mol. The fraction of sp³-hybridized carbons (Fsp3) is 0.478. The molecule has 0 aliphatic carbocycles. The summed E-state index contributed by atoms with van der Waals surface area (Å²) in [6.07, 6.45) is 0.0316. The van der Waals surface area contributed by atoms with E-state index in [-0.39, 0.29) is 50.4 Å². The van der Waals surface area contributed by atoms with Gasteiger partial charge in [-0.15, -0.1) is 0 Å². The van der Waals surface area contributed by atoms with Crippen LogP contribution in [0.15, 0.2) is 29.3 Å². The van der Waals surface area contributed by atoms with E-state index in [1.54, 1.807) is 12.1 Å². The van der Waals surface area contributed by atoms with Gasteiger partial charge in [-0.05, 0) is 50.3 Å². The van der Waals surface area contributed by atoms with Gasteiger partial charge in [0.05, 0.1) is 6.04 Å². The summed E-state index contributed by atoms with van der Waals surface area (Å²) in [6, 6.07) is 1.32. The molecule has 1 aromatic carbocycles. The average Bonchev–Trinajstić information content (AvgIpc) is 2.83. The second-order valence-corrected chi connectivity index (χ2v) is 8.62. The number of primary amides is 1. The van der Waals surface area contributed by atoms with Gasteiger partial charge in [0.15, 0.2) is 5.96 Å². The fourth-order valence-electron chi connectivity index (χ4n) is 3.25. The molecule has 4 amide bonds. The Kier molecular flexibility index (Phi) is 13.0. The van der Waals surface area contributed by atoms with Crippen LogP contribution in [0.1, 0.15) is 38.2 Å². The number of nitrogens with one attached hydrogen (secondary N) is 3. The number of phenols is 1. The molecule has 0 aliphatic heterocycles. The van der Waals surface area contributed by atoms with Crippen molar-refractivity contribution in [1.82, 2.24) is 16.0 Å². The number of carboxylic acids is 1. The number of nitrogens with two attached hydrogens (primary N) is 4. The van der Waals surface area contributed by atoms with Crippen LogP contribution in [0.25, 0.3) is 0 Å². The van der Waals surface area contributed by atoms with E-state index in [2.05, 4.69) is 20.9 Å². The molecular formula is C23H36N8O7. The maximum Gasteiger partial charge on any atom is 0.326 e. The second-order valence-electron chi connectivity index (χ2n) is 8.62. The Balaban J connectivity index is 2.78. The van der Waals surface area contributed by atoms with E-state index in [9.17, 15) is 34.2 Å². The molecule has 0 heterocycles. The molecule has 1 aromatic rings. The predicted octanol–water partition coefficient (Wildman–Crippen LogP) is -2.86. The number of benzene rings is 1. The number of nitrogens with zero attached hydrogens (tertiary/aromatic N) is 1. The Morgan fingerprint density at radius 3 is 2.05 bits per heavy atom. The summed E-state index contributed by atoms with van der Waals surface area (Å²) >= 11 is 0. The highest BCUT2D eigenvalue weighted by molar-refractivity contribution is 5.94. The first kappa shape index (κ1) is 31.6. The van der Waals surface area contributed by atoms with E-state index in [0.717, 1.165) is 0 Å². The molecule has 38 heavy (non-hydrogen) atoms. The molecule has 0 saturated heterocycles. The van der Waals surface area contributed by atoms with Gasteiger partial charge in [0.1, 0.15) is 23.9 Å². The molecule has 15 nitrogen and oxygen atoms in total. The van der Waals surface area contributed by atoms with Gasteiger partial charge in [-0.1, -0.05) is 12.1 Å². The second kappa shape index (κ2) is 15.7. The average molecular weight is 537 g/mol. The minimum atomic E-state index is -1.28. The molecule has 4 unspecified atom stereocenters. The summed E-state index contributed by atoms with van der Waals surface area (Å²) in [5, 5.41) is 25.9. The maximum absolute atomic E-state index is 12.8. The third kappa shape index (κ3) is 12.0. The fourth-order valence-corrected chi connectivity index (χ4v) is 3.25. The number of carbonyl (C=O) groups is 5. The molecule has 0 spiro atoms. The van der Waals surface area contributed by atoms with E-state index in [0.29, 0.717) is 5.56 Å². The number of hydrogen-bond donors (Lipinski definition) is 9. The highest BCUT2D eigenvalue weighted by Gasteiger charge is 2.28. The number of amides is 4. The Labute approximate surface area is 219 Å². The Morgan fingerprint density at radius 2 is 1.50 bits per heavy atom. The lowest BCUT2D eigenvalue weighted by atomic mass is 10.0. The van der Waals surface area contributed by atoms with Crippen molar-refractivity contribution in [3.8, 4) is 5.75 Å². The van der Waals surface area contributed by atoms with Gasteiger partial charge in [0.2, 0.25) is 23.6 Å². The number of carbonyl (C=O) groups excluding carboxylic acids is 4. The van der Waals surface area contributed by atoms with Crippen LogP contribution in [-0.4, -0.2) is 76.5 Å². The van der Waals surface area contributed by atoms with Crippen LogP contribution in [-0.2, 0) is 30.4 Å². The van der Waals surface area contributed by atoms with Crippen LogP contribution in [0.4, 0.5) is 0 Å². The van der Waals surface area contributed by atoms with Gasteiger partial charge < -0.3 is 49.1 Å². The van der Waals surface area contributed by atoms with E-state index in [1.165, 1.54) is 19.1 Å². The molecule has 13 N–H and O–H groups in total. The van der Waals surface area contributed by atoms with E-state index < -0.39 is 53.8 Å². The van der Waals surface area contributed by atoms with Crippen molar-refractivity contribution in [1.29, 1.82) is 0 Å². The summed E-state index contributed by atoms with van der Waals surface area (Å²) in [5.74, 6) is -4.34. The lowest BCUT2D eigenvalue weighted by Crippen LogP contribution is -2.56. The van der Waals surface area contributed by atoms with Gasteiger partial charge >= 0.3 is 5.97 Å². The third-order valence-corrected chi connectivity index (χ3v) is 5.35. The van der Waals surface area contributed by atoms with Crippen molar-refractivity contribution >= 4 is 35.6 Å². The van der Waals surface area contributed by atoms with Gasteiger partial charge in [-0.3, -0.25) is 24.2 Å². The third-order valence-electron chi connectivity index (χ3n) is 5.35. The van der Waals surface area contributed by atoms with E-state index >= 15 is 0 Å². The van der Waals surface area contributed by atoms with Crippen LogP contribution in [0.3, 0.4) is 0 Å². The van der Waals surface area contributed by atoms with E-state index in [4.69, 9.17) is 22.9 Å². The van der Waals surface area contributed by atoms with E-state index in [1.807, 2.05) is 0 Å². The normalized spacial score (nSPS) is 13.7. The van der Waals surface area contributed by atoms with Crippen molar-refractivity contribution < 1.29 is 34.2 Å². The van der Waals surface area contributed by atoms with Gasteiger partial charge in [-0.2, -0.15) is 0 Å². The molecule has 4 atom stereocenters. The first-order chi connectivity index (χ1) is 17.8. The number of aliphatic carboxylic acids is 1. The minimum absolute atomic E-state index is 0.0364. The van der Waals surface area contributed by atoms with Crippen LogP contribution in [0.2, 0.25) is 0 Å². The zero-order chi connectivity index (χ0) is 28.8. The SMILES string of the molecule is CC(NC(=O)C(CCC(N)=O)NC(=O)C(N)Cc1ccc(O)cc1)C(=O)NC(CCCN=C(N)N)C(=O)O. The first-order valence-electron chi connectivity index (χ1n) is 11.8. The Bertz CT molecular complexity index is 1010. The number of rotatable bonds is 16. The molecular weight excluding hydrogens is 500 g/mol. The number of aliphatic imine (C=N–C) groups is 1. The van der Waals surface area contributed by atoms with Crippen molar-refractivity contribution in [3.05, 3.63) is 29.8 Å². The summed E-state index contributed by atoms with van der Waals surface area (Å²) in [4.78, 5) is 64.5. The summed E-state index contributed by atoms with van der Waals surface area (Å²) in [6.45, 7) is 1.50. The lowest BCUT2D eigenvalue weighted by Gasteiger charge is -2.23. The summed E-state index contributed by atoms with van der Waals surface area (Å²) in [5.41, 5.74) is 22.2. The monoisotopic (exact) mass is 536 g/mol. The Hall–Kier alpha value is -4.40. The Morgan fingerprint density at radius 1 is 0.895 bits per heavy atom. The number of carboxylic acid groups (broad SMARTS) is 1. The van der Waals surface area contributed by atoms with Crippen molar-refractivity contribution in [2.24, 2.45) is 27.9 Å². The molecule has 0 aromatic heterocycles. The molecule has 0 fully saturated rings. The van der Waals surface area contributed by atoms with Gasteiger partial charge in [-0.25, -0.2) is 4.79 Å². The van der Waals surface area contributed by atoms with Gasteiger partial charge in [0, 0.05) is 13.0 Å². The van der Waals surface area contributed by atoms with Crippen LogP contribution < -0.4 is 38.9 Å². The number of aromatic hydroxyl groups is 1.